The summed E-state index contributed by atoms with van der Waals surface area (Å²) in [6.07, 6.45) is 0.923. The molecule has 4 aromatic rings. The summed E-state index contributed by atoms with van der Waals surface area (Å²) >= 11 is 0. The Morgan fingerprint density at radius 2 is 1.14 bits per heavy atom. The largest absolute Gasteiger partial charge is 0.492 e. The third-order valence-electron chi connectivity index (χ3n) is 6.12. The van der Waals surface area contributed by atoms with Crippen LogP contribution in [-0.2, 0) is 6.61 Å². The van der Waals surface area contributed by atoms with E-state index in [1.165, 1.54) is 27.8 Å². The van der Waals surface area contributed by atoms with Crippen LogP contribution in [0.5, 0.6) is 11.5 Å². The minimum absolute atomic E-state index is 0.558. The zero-order valence-corrected chi connectivity index (χ0v) is 21.5. The molecule has 36 heavy (non-hydrogen) atoms. The first-order valence-electron chi connectivity index (χ1n) is 12.6. The summed E-state index contributed by atoms with van der Waals surface area (Å²) in [5.41, 5.74) is 7.30. The minimum atomic E-state index is 0.558. The molecule has 0 aliphatic heterocycles. The molecule has 184 valence electrons. The number of hydrogen-bond acceptors (Lipinski definition) is 3. The van der Waals surface area contributed by atoms with E-state index in [9.17, 15) is 0 Å². The van der Waals surface area contributed by atoms with E-state index in [0.717, 1.165) is 30.0 Å². The lowest BCUT2D eigenvalue weighted by Gasteiger charge is -2.17. The summed E-state index contributed by atoms with van der Waals surface area (Å²) in [6, 6.07) is 37.8. The third-order valence-corrected chi connectivity index (χ3v) is 6.12. The second-order valence-corrected chi connectivity index (χ2v) is 9.05. The fourth-order valence-corrected chi connectivity index (χ4v) is 4.20. The van der Waals surface area contributed by atoms with Crippen molar-refractivity contribution in [3.05, 3.63) is 131 Å². The Kier molecular flexibility index (Phi) is 8.96. The standard InChI is InChI=1S/C33H35NO2/c1-4-32(27-13-9-6-10-14-27)33(28-15-19-30(20-16-28)35-24-23-34(2)3)29-17-21-31(22-18-29)36-25-26-11-7-5-8-12-26/h5-22H,4,23-25H2,1-3H3/b33-32-. The maximum absolute atomic E-state index is 6.04. The van der Waals surface area contributed by atoms with Crippen molar-refractivity contribution in [1.82, 2.24) is 4.90 Å². The molecule has 0 radical (unpaired) electrons. The van der Waals surface area contributed by atoms with Gasteiger partial charge in [-0.1, -0.05) is 91.9 Å². The van der Waals surface area contributed by atoms with E-state index in [-0.39, 0.29) is 0 Å². The Balaban J connectivity index is 1.63. The Morgan fingerprint density at radius 1 is 0.611 bits per heavy atom. The Labute approximate surface area is 215 Å². The van der Waals surface area contributed by atoms with Crippen LogP contribution in [0.25, 0.3) is 11.1 Å². The van der Waals surface area contributed by atoms with Gasteiger partial charge in [0.25, 0.3) is 0 Å². The predicted octanol–water partition coefficient (Wildman–Crippen LogP) is 7.58. The minimum Gasteiger partial charge on any atom is -0.492 e. The van der Waals surface area contributed by atoms with Crippen LogP contribution in [0.15, 0.2) is 109 Å². The first-order chi connectivity index (χ1) is 17.6. The maximum Gasteiger partial charge on any atom is 0.119 e. The fraction of sp³-hybridized carbons (Fsp3) is 0.212. The molecular weight excluding hydrogens is 442 g/mol. The van der Waals surface area contributed by atoms with E-state index in [2.05, 4.69) is 117 Å². The Hall–Kier alpha value is -3.82. The van der Waals surface area contributed by atoms with Crippen LogP contribution in [0.4, 0.5) is 0 Å². The molecule has 0 saturated heterocycles. The van der Waals surface area contributed by atoms with Gasteiger partial charge in [-0.2, -0.15) is 0 Å². The number of nitrogens with zero attached hydrogens (tertiary/aromatic N) is 1. The molecule has 0 aliphatic rings. The SMILES string of the molecule is CC/C(=C(\c1ccc(OCCN(C)C)cc1)c1ccc(OCc2ccccc2)cc1)c1ccccc1. The Bertz CT molecular complexity index is 1230. The van der Waals surface area contributed by atoms with Crippen molar-refractivity contribution in [3.8, 4) is 11.5 Å². The van der Waals surface area contributed by atoms with Crippen molar-refractivity contribution < 1.29 is 9.47 Å². The molecule has 3 heteroatoms. The van der Waals surface area contributed by atoms with E-state index in [1.807, 2.05) is 18.2 Å². The molecule has 0 bridgehead atoms. The van der Waals surface area contributed by atoms with Gasteiger partial charge in [-0.05, 0) is 78.2 Å². The number of benzene rings is 4. The van der Waals surface area contributed by atoms with Gasteiger partial charge in [0.15, 0.2) is 0 Å². The third kappa shape index (κ3) is 6.87. The molecule has 4 aromatic carbocycles. The Morgan fingerprint density at radius 3 is 1.67 bits per heavy atom. The van der Waals surface area contributed by atoms with Gasteiger partial charge in [0, 0.05) is 6.54 Å². The van der Waals surface area contributed by atoms with Crippen LogP contribution in [0, 0.1) is 0 Å². The van der Waals surface area contributed by atoms with Crippen LogP contribution in [0.2, 0.25) is 0 Å². The first kappa shape index (κ1) is 25.3. The molecular formula is C33H35NO2. The second-order valence-electron chi connectivity index (χ2n) is 9.05. The lowest BCUT2D eigenvalue weighted by Crippen LogP contribution is -2.19. The van der Waals surface area contributed by atoms with Crippen LogP contribution in [0.1, 0.15) is 35.6 Å². The summed E-state index contributed by atoms with van der Waals surface area (Å²) in [4.78, 5) is 2.12. The predicted molar refractivity (Wildman–Crippen MR) is 150 cm³/mol. The molecule has 0 saturated carbocycles. The van der Waals surface area contributed by atoms with Gasteiger partial charge in [-0.15, -0.1) is 0 Å². The highest BCUT2D eigenvalue weighted by Crippen LogP contribution is 2.35. The molecule has 4 rings (SSSR count). The number of ether oxygens (including phenoxy) is 2. The van der Waals surface area contributed by atoms with Gasteiger partial charge in [-0.25, -0.2) is 0 Å². The average Bonchev–Trinajstić information content (AvgIpc) is 2.92. The van der Waals surface area contributed by atoms with E-state index < -0.39 is 0 Å². The van der Waals surface area contributed by atoms with Gasteiger partial charge >= 0.3 is 0 Å². The first-order valence-corrected chi connectivity index (χ1v) is 12.6. The fourth-order valence-electron chi connectivity index (χ4n) is 4.20. The van der Waals surface area contributed by atoms with Crippen LogP contribution in [0.3, 0.4) is 0 Å². The molecule has 0 aromatic heterocycles. The molecule has 0 atom stereocenters. The lowest BCUT2D eigenvalue weighted by atomic mass is 9.88. The van der Waals surface area contributed by atoms with E-state index >= 15 is 0 Å². The normalized spacial score (nSPS) is 11.8. The lowest BCUT2D eigenvalue weighted by molar-refractivity contribution is 0.261. The monoisotopic (exact) mass is 477 g/mol. The van der Waals surface area contributed by atoms with Crippen LogP contribution < -0.4 is 9.47 Å². The van der Waals surface area contributed by atoms with Crippen LogP contribution in [-0.4, -0.2) is 32.1 Å². The molecule has 0 unspecified atom stereocenters. The number of rotatable bonds is 11. The van der Waals surface area contributed by atoms with Crippen molar-refractivity contribution in [2.24, 2.45) is 0 Å². The van der Waals surface area contributed by atoms with Crippen molar-refractivity contribution in [2.75, 3.05) is 27.2 Å². The maximum atomic E-state index is 6.04. The molecule has 0 aliphatic carbocycles. The molecule has 0 spiro atoms. The van der Waals surface area contributed by atoms with Gasteiger partial charge in [0.2, 0.25) is 0 Å². The number of likely N-dealkylation sites (N-methyl/N-ethyl adjacent to an activating group) is 1. The topological polar surface area (TPSA) is 21.7 Å². The number of allylic oxidation sites excluding steroid dienone is 1. The van der Waals surface area contributed by atoms with Crippen LogP contribution >= 0.6 is 0 Å². The summed E-state index contributed by atoms with van der Waals surface area (Å²) in [7, 11) is 4.11. The summed E-state index contributed by atoms with van der Waals surface area (Å²) in [5.74, 6) is 1.76. The van der Waals surface area contributed by atoms with E-state index in [1.54, 1.807) is 0 Å². The second kappa shape index (κ2) is 12.8. The summed E-state index contributed by atoms with van der Waals surface area (Å²) in [6.45, 7) is 4.34. The van der Waals surface area contributed by atoms with E-state index in [4.69, 9.17) is 9.47 Å². The van der Waals surface area contributed by atoms with Gasteiger partial charge in [0.1, 0.15) is 24.7 Å². The average molecular weight is 478 g/mol. The highest BCUT2D eigenvalue weighted by molar-refractivity contribution is 5.98. The van der Waals surface area contributed by atoms with Gasteiger partial charge in [0.05, 0.1) is 0 Å². The van der Waals surface area contributed by atoms with Crippen molar-refractivity contribution >= 4 is 11.1 Å². The zero-order valence-electron chi connectivity index (χ0n) is 21.5. The molecule has 0 heterocycles. The summed E-state index contributed by atoms with van der Waals surface area (Å²) < 4.78 is 12.0. The zero-order chi connectivity index (χ0) is 25.2. The van der Waals surface area contributed by atoms with E-state index in [0.29, 0.717) is 13.2 Å². The quantitative estimate of drug-likeness (QED) is 0.208. The molecule has 0 amide bonds. The smallest absolute Gasteiger partial charge is 0.119 e. The summed E-state index contributed by atoms with van der Waals surface area (Å²) in [5, 5.41) is 0. The van der Waals surface area contributed by atoms with Gasteiger partial charge < -0.3 is 14.4 Å². The number of hydrogen-bond donors (Lipinski definition) is 0. The molecule has 3 nitrogen and oxygen atoms in total. The molecule has 0 fully saturated rings. The highest BCUT2D eigenvalue weighted by Gasteiger charge is 2.13. The van der Waals surface area contributed by atoms with Crippen molar-refractivity contribution in [3.63, 3.8) is 0 Å². The van der Waals surface area contributed by atoms with Gasteiger partial charge in [-0.3, -0.25) is 0 Å². The van der Waals surface area contributed by atoms with Crippen molar-refractivity contribution in [1.29, 1.82) is 0 Å². The molecule has 0 N–H and O–H groups in total. The van der Waals surface area contributed by atoms with Crippen molar-refractivity contribution in [2.45, 2.75) is 20.0 Å². The highest BCUT2D eigenvalue weighted by atomic mass is 16.5.